The average molecular weight is 259 g/mol. The summed E-state index contributed by atoms with van der Waals surface area (Å²) in [4.78, 5) is 11.2. The van der Waals surface area contributed by atoms with Crippen molar-refractivity contribution in [2.75, 3.05) is 0 Å². The summed E-state index contributed by atoms with van der Waals surface area (Å²) < 4.78 is 13.2. The van der Waals surface area contributed by atoms with Crippen LogP contribution in [-0.4, -0.2) is 11.9 Å². The molecule has 1 aromatic carbocycles. The number of amides is 1. The van der Waals surface area contributed by atoms with Gasteiger partial charge in [-0.25, -0.2) is 4.39 Å². The van der Waals surface area contributed by atoms with E-state index in [1.165, 1.54) is 6.07 Å². The first-order chi connectivity index (χ1) is 7.93. The molecule has 0 spiro atoms. The van der Waals surface area contributed by atoms with Crippen LogP contribution < -0.4 is 11.1 Å². The lowest BCUT2D eigenvalue weighted by atomic mass is 10.0. The highest BCUT2D eigenvalue weighted by Gasteiger charge is 2.19. The minimum atomic E-state index is -0.467. The minimum absolute atomic E-state index is 0.0693. The quantitative estimate of drug-likeness (QED) is 0.850. The van der Waals surface area contributed by atoms with Gasteiger partial charge >= 0.3 is 0 Å². The Morgan fingerprint density at radius 3 is 2.71 bits per heavy atom. The SMILES string of the molecule is CC(C)C(NCc1cccc(F)c1Cl)C(N)=O. The Bertz CT molecular complexity index is 409. The van der Waals surface area contributed by atoms with Crippen LogP contribution in [0.1, 0.15) is 19.4 Å². The molecule has 0 aromatic heterocycles. The molecule has 0 saturated carbocycles. The summed E-state index contributed by atoms with van der Waals surface area (Å²) in [5, 5.41) is 3.05. The lowest BCUT2D eigenvalue weighted by Crippen LogP contribution is -2.44. The highest BCUT2D eigenvalue weighted by molar-refractivity contribution is 6.31. The van der Waals surface area contributed by atoms with E-state index in [1.807, 2.05) is 13.8 Å². The molecule has 1 unspecified atom stereocenters. The lowest BCUT2D eigenvalue weighted by molar-refractivity contribution is -0.121. The van der Waals surface area contributed by atoms with E-state index >= 15 is 0 Å². The smallest absolute Gasteiger partial charge is 0.234 e. The second-order valence-corrected chi connectivity index (χ2v) is 4.60. The van der Waals surface area contributed by atoms with E-state index in [2.05, 4.69) is 5.32 Å². The van der Waals surface area contributed by atoms with Gasteiger partial charge in [0.05, 0.1) is 11.1 Å². The lowest BCUT2D eigenvalue weighted by Gasteiger charge is -2.19. The van der Waals surface area contributed by atoms with Crippen molar-refractivity contribution >= 4 is 17.5 Å². The van der Waals surface area contributed by atoms with E-state index in [1.54, 1.807) is 12.1 Å². The Morgan fingerprint density at radius 1 is 1.53 bits per heavy atom. The van der Waals surface area contributed by atoms with Gasteiger partial charge in [0.1, 0.15) is 5.82 Å². The second-order valence-electron chi connectivity index (χ2n) is 4.22. The first kappa shape index (κ1) is 13.9. The van der Waals surface area contributed by atoms with E-state index in [-0.39, 0.29) is 10.9 Å². The molecule has 0 aliphatic carbocycles. The molecule has 3 nitrogen and oxygen atoms in total. The van der Waals surface area contributed by atoms with Gasteiger partial charge in [-0.1, -0.05) is 37.6 Å². The van der Waals surface area contributed by atoms with Crippen molar-refractivity contribution in [1.82, 2.24) is 5.32 Å². The molecule has 1 amide bonds. The number of carbonyl (C=O) groups excluding carboxylic acids is 1. The summed E-state index contributed by atoms with van der Waals surface area (Å²) in [6, 6.07) is 4.12. The number of hydrogen-bond donors (Lipinski definition) is 2. The molecule has 17 heavy (non-hydrogen) atoms. The third-order valence-corrected chi connectivity index (χ3v) is 2.94. The predicted molar refractivity (Wildman–Crippen MR) is 66.1 cm³/mol. The van der Waals surface area contributed by atoms with Crippen LogP contribution in [-0.2, 0) is 11.3 Å². The number of nitrogens with two attached hydrogens (primary N) is 1. The van der Waals surface area contributed by atoms with Gasteiger partial charge in [0.15, 0.2) is 0 Å². The fourth-order valence-corrected chi connectivity index (χ4v) is 1.76. The molecule has 1 rings (SSSR count). The maximum Gasteiger partial charge on any atom is 0.234 e. The van der Waals surface area contributed by atoms with E-state index < -0.39 is 17.8 Å². The van der Waals surface area contributed by atoms with Crippen molar-refractivity contribution in [2.24, 2.45) is 11.7 Å². The first-order valence-electron chi connectivity index (χ1n) is 5.39. The number of primary amides is 1. The highest BCUT2D eigenvalue weighted by Crippen LogP contribution is 2.19. The molecule has 0 aliphatic heterocycles. The molecule has 94 valence electrons. The molecular weight excluding hydrogens is 243 g/mol. The average Bonchev–Trinajstić information content (AvgIpc) is 2.23. The van der Waals surface area contributed by atoms with Gasteiger partial charge in [-0.15, -0.1) is 0 Å². The summed E-state index contributed by atoms with van der Waals surface area (Å²) in [6.07, 6.45) is 0. The van der Waals surface area contributed by atoms with Crippen molar-refractivity contribution in [3.8, 4) is 0 Å². The third-order valence-electron chi connectivity index (χ3n) is 2.52. The number of carbonyl (C=O) groups is 1. The van der Waals surface area contributed by atoms with Crippen molar-refractivity contribution in [2.45, 2.75) is 26.4 Å². The molecule has 0 aliphatic rings. The molecule has 1 atom stereocenters. The van der Waals surface area contributed by atoms with Crippen LogP contribution in [0, 0.1) is 11.7 Å². The topological polar surface area (TPSA) is 55.1 Å². The summed E-state index contributed by atoms with van der Waals surface area (Å²) >= 11 is 5.80. The Morgan fingerprint density at radius 2 is 2.18 bits per heavy atom. The largest absolute Gasteiger partial charge is 0.368 e. The number of rotatable bonds is 5. The van der Waals surface area contributed by atoms with Crippen LogP contribution in [0.15, 0.2) is 18.2 Å². The monoisotopic (exact) mass is 258 g/mol. The first-order valence-corrected chi connectivity index (χ1v) is 5.77. The van der Waals surface area contributed by atoms with Crippen molar-refractivity contribution in [3.05, 3.63) is 34.6 Å². The summed E-state index contributed by atoms with van der Waals surface area (Å²) in [6.45, 7) is 4.08. The maximum atomic E-state index is 13.2. The van der Waals surface area contributed by atoms with Crippen LogP contribution in [0.25, 0.3) is 0 Å². The standard InChI is InChI=1S/C12H16ClFN2O/c1-7(2)11(12(15)17)16-6-8-4-3-5-9(14)10(8)13/h3-5,7,11,16H,6H2,1-2H3,(H2,15,17). The van der Waals surface area contributed by atoms with Gasteiger partial charge in [0.2, 0.25) is 5.91 Å². The summed E-state index contributed by atoms with van der Waals surface area (Å²) in [7, 11) is 0. The molecule has 0 heterocycles. The van der Waals surface area contributed by atoms with Crippen LogP contribution in [0.2, 0.25) is 5.02 Å². The molecule has 3 N–H and O–H groups in total. The zero-order chi connectivity index (χ0) is 13.0. The Kier molecular flexibility index (Phi) is 4.90. The fraction of sp³-hybridized carbons (Fsp3) is 0.417. The van der Waals surface area contributed by atoms with Gasteiger partial charge in [-0.2, -0.15) is 0 Å². The predicted octanol–water partition coefficient (Wildman–Crippen LogP) is 2.08. The van der Waals surface area contributed by atoms with Crippen LogP contribution in [0.5, 0.6) is 0 Å². The molecule has 0 radical (unpaired) electrons. The van der Waals surface area contributed by atoms with Gasteiger partial charge in [0.25, 0.3) is 0 Å². The van der Waals surface area contributed by atoms with E-state index in [9.17, 15) is 9.18 Å². The van der Waals surface area contributed by atoms with Crippen molar-refractivity contribution in [1.29, 1.82) is 0 Å². The molecule has 0 bridgehead atoms. The van der Waals surface area contributed by atoms with E-state index in [4.69, 9.17) is 17.3 Å². The van der Waals surface area contributed by atoms with Gasteiger partial charge in [0, 0.05) is 6.54 Å². The summed E-state index contributed by atoms with van der Waals surface area (Å²) in [5.74, 6) is -0.821. The number of benzene rings is 1. The third kappa shape index (κ3) is 3.68. The maximum absolute atomic E-state index is 13.2. The molecule has 5 heteroatoms. The van der Waals surface area contributed by atoms with Gasteiger partial charge < -0.3 is 11.1 Å². The highest BCUT2D eigenvalue weighted by atomic mass is 35.5. The van der Waals surface area contributed by atoms with Crippen LogP contribution in [0.4, 0.5) is 4.39 Å². The molecule has 0 fully saturated rings. The Hall–Kier alpha value is -1.13. The Balaban J connectivity index is 2.72. The second kappa shape index (κ2) is 5.98. The molecule has 0 saturated heterocycles. The number of nitrogens with one attached hydrogen (secondary N) is 1. The molecular formula is C12H16ClFN2O. The van der Waals surface area contributed by atoms with E-state index in [0.29, 0.717) is 12.1 Å². The number of halogens is 2. The molecule has 1 aromatic rings. The van der Waals surface area contributed by atoms with E-state index in [0.717, 1.165) is 0 Å². The number of hydrogen-bond acceptors (Lipinski definition) is 2. The Labute approximate surface area is 105 Å². The van der Waals surface area contributed by atoms with Gasteiger partial charge in [-0.3, -0.25) is 4.79 Å². The van der Waals surface area contributed by atoms with Crippen LogP contribution in [0.3, 0.4) is 0 Å². The zero-order valence-corrected chi connectivity index (χ0v) is 10.6. The van der Waals surface area contributed by atoms with Crippen LogP contribution >= 0.6 is 11.6 Å². The minimum Gasteiger partial charge on any atom is -0.368 e. The van der Waals surface area contributed by atoms with Crippen molar-refractivity contribution < 1.29 is 9.18 Å². The fourth-order valence-electron chi connectivity index (χ4n) is 1.57. The normalized spacial score (nSPS) is 12.8. The summed E-state index contributed by atoms with van der Waals surface area (Å²) in [5.41, 5.74) is 5.87. The zero-order valence-electron chi connectivity index (χ0n) is 9.84. The van der Waals surface area contributed by atoms with Gasteiger partial charge in [-0.05, 0) is 17.5 Å². The van der Waals surface area contributed by atoms with Crippen molar-refractivity contribution in [3.63, 3.8) is 0 Å².